The van der Waals surface area contributed by atoms with Gasteiger partial charge in [-0.25, -0.2) is 0 Å². The van der Waals surface area contributed by atoms with Crippen LogP contribution < -0.4 is 5.32 Å². The highest BCUT2D eigenvalue weighted by Crippen LogP contribution is 2.20. The maximum Gasteiger partial charge on any atom is 0.229 e. The van der Waals surface area contributed by atoms with Crippen molar-refractivity contribution in [2.24, 2.45) is 5.92 Å². The molecule has 2 rings (SSSR count). The summed E-state index contributed by atoms with van der Waals surface area (Å²) >= 11 is 1.70. The number of hydrogen-bond donors (Lipinski definition) is 1. The number of thiophene rings is 1. The van der Waals surface area contributed by atoms with Crippen LogP contribution in [-0.4, -0.2) is 44.2 Å². The number of aryl methyl sites for hydroxylation is 1. The maximum absolute atomic E-state index is 12.4. The second-order valence-corrected chi connectivity index (χ2v) is 5.76. The van der Waals surface area contributed by atoms with E-state index in [2.05, 4.69) is 23.7 Å². The Balaban J connectivity index is 1.98. The molecule has 1 aliphatic rings. The third-order valence-corrected chi connectivity index (χ3v) is 4.50. The van der Waals surface area contributed by atoms with Gasteiger partial charge in [-0.3, -0.25) is 4.79 Å². The van der Waals surface area contributed by atoms with E-state index in [1.54, 1.807) is 11.3 Å². The van der Waals surface area contributed by atoms with Crippen LogP contribution in [0.15, 0.2) is 11.4 Å². The lowest BCUT2D eigenvalue weighted by Gasteiger charge is -2.23. The summed E-state index contributed by atoms with van der Waals surface area (Å²) in [7, 11) is 3.75. The van der Waals surface area contributed by atoms with Crippen LogP contribution in [0.2, 0.25) is 0 Å². The molecule has 1 saturated heterocycles. The Morgan fingerprint density at radius 2 is 2.39 bits per heavy atom. The zero-order valence-corrected chi connectivity index (χ0v) is 11.9. The van der Waals surface area contributed by atoms with Gasteiger partial charge in [0, 0.05) is 18.0 Å². The third kappa shape index (κ3) is 2.74. The zero-order valence-electron chi connectivity index (χ0n) is 11.1. The van der Waals surface area contributed by atoms with Gasteiger partial charge >= 0.3 is 0 Å². The third-order valence-electron chi connectivity index (χ3n) is 3.49. The quantitative estimate of drug-likeness (QED) is 0.893. The summed E-state index contributed by atoms with van der Waals surface area (Å²) in [6, 6.07) is 2.23. The number of nitrogens with one attached hydrogen (secondary N) is 1. The number of carbonyl (C=O) groups is 1. The predicted molar refractivity (Wildman–Crippen MR) is 72.7 cm³/mol. The molecule has 1 aliphatic heterocycles. The molecule has 2 unspecified atom stereocenters. The van der Waals surface area contributed by atoms with Gasteiger partial charge < -0.3 is 15.0 Å². The number of nitrogens with zero attached hydrogens (tertiary/aromatic N) is 1. The molecular weight excluding hydrogens is 248 g/mol. The Morgan fingerprint density at radius 3 is 3.00 bits per heavy atom. The van der Waals surface area contributed by atoms with Crippen LogP contribution in [0.1, 0.15) is 10.4 Å². The van der Waals surface area contributed by atoms with E-state index in [4.69, 9.17) is 4.74 Å². The number of rotatable bonds is 4. The molecule has 1 aromatic heterocycles. The fourth-order valence-electron chi connectivity index (χ4n) is 2.22. The van der Waals surface area contributed by atoms with Gasteiger partial charge in [0.1, 0.15) is 0 Å². The van der Waals surface area contributed by atoms with Crippen LogP contribution in [0.25, 0.3) is 0 Å². The Kier molecular flexibility index (Phi) is 4.37. The van der Waals surface area contributed by atoms with E-state index in [1.165, 1.54) is 10.4 Å². The van der Waals surface area contributed by atoms with Gasteiger partial charge in [0.25, 0.3) is 0 Å². The van der Waals surface area contributed by atoms with Gasteiger partial charge in [-0.2, -0.15) is 0 Å². The molecule has 2 atom stereocenters. The summed E-state index contributed by atoms with van der Waals surface area (Å²) in [5.74, 6) is 0.111. The monoisotopic (exact) mass is 268 g/mol. The Bertz CT molecular complexity index is 419. The largest absolute Gasteiger partial charge is 0.379 e. The van der Waals surface area contributed by atoms with Crippen molar-refractivity contribution in [1.82, 2.24) is 10.2 Å². The van der Waals surface area contributed by atoms with E-state index in [1.807, 2.05) is 19.0 Å². The summed E-state index contributed by atoms with van der Waals surface area (Å²) in [6.07, 6.45) is 0. The van der Waals surface area contributed by atoms with Crippen molar-refractivity contribution in [1.29, 1.82) is 0 Å². The second-order valence-electron chi connectivity index (χ2n) is 4.76. The minimum Gasteiger partial charge on any atom is -0.379 e. The topological polar surface area (TPSA) is 41.6 Å². The van der Waals surface area contributed by atoms with Crippen molar-refractivity contribution in [3.63, 3.8) is 0 Å². The van der Waals surface area contributed by atoms with Gasteiger partial charge in [0.2, 0.25) is 5.91 Å². The molecule has 4 nitrogen and oxygen atoms in total. The number of likely N-dealkylation sites (N-methyl/N-ethyl adjacent to an activating group) is 1. The molecule has 5 heteroatoms. The van der Waals surface area contributed by atoms with E-state index in [0.717, 1.165) is 0 Å². The molecule has 1 amide bonds. The van der Waals surface area contributed by atoms with Gasteiger partial charge in [0.15, 0.2) is 0 Å². The summed E-state index contributed by atoms with van der Waals surface area (Å²) in [5.41, 5.74) is 1.26. The van der Waals surface area contributed by atoms with Gasteiger partial charge in [-0.1, -0.05) is 0 Å². The van der Waals surface area contributed by atoms with Crippen molar-refractivity contribution in [3.8, 4) is 0 Å². The molecule has 0 aliphatic carbocycles. The highest BCUT2D eigenvalue weighted by molar-refractivity contribution is 7.10. The Labute approximate surface area is 112 Å². The number of amides is 1. The lowest BCUT2D eigenvalue weighted by molar-refractivity contribution is -0.135. The van der Waals surface area contributed by atoms with Crippen LogP contribution in [0.5, 0.6) is 0 Å². The van der Waals surface area contributed by atoms with Gasteiger partial charge in [0.05, 0.1) is 25.7 Å². The van der Waals surface area contributed by atoms with E-state index < -0.39 is 0 Å². The molecule has 0 aromatic carbocycles. The van der Waals surface area contributed by atoms with Gasteiger partial charge in [-0.05, 0) is 31.0 Å². The van der Waals surface area contributed by atoms with Crippen LogP contribution in [0.3, 0.4) is 0 Å². The zero-order chi connectivity index (χ0) is 13.1. The fourth-order valence-corrected chi connectivity index (χ4v) is 3.18. The molecule has 1 aromatic rings. The minimum absolute atomic E-state index is 0.0553. The van der Waals surface area contributed by atoms with Crippen molar-refractivity contribution in [2.45, 2.75) is 19.5 Å². The molecule has 0 radical (unpaired) electrons. The van der Waals surface area contributed by atoms with Gasteiger partial charge in [-0.15, -0.1) is 11.3 Å². The van der Waals surface area contributed by atoms with E-state index in [0.29, 0.717) is 19.8 Å². The lowest BCUT2D eigenvalue weighted by Crippen LogP contribution is -2.43. The van der Waals surface area contributed by atoms with Crippen LogP contribution in [0.4, 0.5) is 0 Å². The highest BCUT2D eigenvalue weighted by atomic mass is 32.1. The first-order valence-electron chi connectivity index (χ1n) is 6.16. The average Bonchev–Trinajstić information content (AvgIpc) is 2.97. The van der Waals surface area contributed by atoms with Crippen LogP contribution in [-0.2, 0) is 16.1 Å². The highest BCUT2D eigenvalue weighted by Gasteiger charge is 2.34. The first kappa shape index (κ1) is 13.5. The fraction of sp³-hybridized carbons (Fsp3) is 0.615. The van der Waals surface area contributed by atoms with Crippen LogP contribution >= 0.6 is 11.3 Å². The first-order chi connectivity index (χ1) is 8.63. The minimum atomic E-state index is -0.0553. The maximum atomic E-state index is 12.4. The SMILES string of the molecule is CNC1COCC1C(=O)N(C)Cc1sccc1C. The number of carbonyl (C=O) groups excluding carboxylic acids is 1. The number of hydrogen-bond acceptors (Lipinski definition) is 4. The van der Waals surface area contributed by atoms with Crippen molar-refractivity contribution >= 4 is 17.2 Å². The summed E-state index contributed by atoms with van der Waals surface area (Å²) in [4.78, 5) is 15.4. The van der Waals surface area contributed by atoms with Crippen molar-refractivity contribution in [2.75, 3.05) is 27.3 Å². The lowest BCUT2D eigenvalue weighted by atomic mass is 10.0. The van der Waals surface area contributed by atoms with Crippen LogP contribution in [0, 0.1) is 12.8 Å². The molecule has 0 spiro atoms. The summed E-state index contributed by atoms with van der Waals surface area (Å²) in [5, 5.41) is 5.22. The van der Waals surface area contributed by atoms with E-state index in [-0.39, 0.29) is 17.9 Å². The van der Waals surface area contributed by atoms with Crippen molar-refractivity contribution < 1.29 is 9.53 Å². The van der Waals surface area contributed by atoms with E-state index in [9.17, 15) is 4.79 Å². The molecule has 0 saturated carbocycles. The number of ether oxygens (including phenoxy) is 1. The summed E-state index contributed by atoms with van der Waals surface area (Å²) < 4.78 is 5.38. The molecular formula is C13H20N2O2S. The normalized spacial score (nSPS) is 23.3. The smallest absolute Gasteiger partial charge is 0.229 e. The predicted octanol–water partition coefficient (Wildman–Crippen LogP) is 1.25. The summed E-state index contributed by atoms with van der Waals surface area (Å²) in [6.45, 7) is 3.92. The Morgan fingerprint density at radius 1 is 1.61 bits per heavy atom. The van der Waals surface area contributed by atoms with E-state index >= 15 is 0 Å². The molecule has 1 N–H and O–H groups in total. The molecule has 18 heavy (non-hydrogen) atoms. The molecule has 2 heterocycles. The standard InChI is InChI=1S/C13H20N2O2S/c1-9-4-5-18-12(9)6-15(3)13(16)10-7-17-8-11(10)14-2/h4-5,10-11,14H,6-8H2,1-3H3. The average molecular weight is 268 g/mol. The van der Waals surface area contributed by atoms with Crippen molar-refractivity contribution in [3.05, 3.63) is 21.9 Å². The first-order valence-corrected chi connectivity index (χ1v) is 7.04. The molecule has 100 valence electrons. The Hall–Kier alpha value is -0.910. The molecule has 1 fully saturated rings. The second kappa shape index (κ2) is 5.82. The molecule has 0 bridgehead atoms.